The lowest BCUT2D eigenvalue weighted by atomic mass is 10.2. The molecule has 10 heteroatoms. The molecule has 0 fully saturated rings. The van der Waals surface area contributed by atoms with Crippen molar-refractivity contribution >= 4 is 44.6 Å². The number of benzene rings is 1. The summed E-state index contributed by atoms with van der Waals surface area (Å²) in [6.07, 6.45) is 0. The number of rotatable bonds is 5. The number of hydrogen-bond donors (Lipinski definition) is 2. The van der Waals surface area contributed by atoms with E-state index in [-0.39, 0.29) is 27.4 Å². The molecule has 2 aromatic rings. The Kier molecular flexibility index (Phi) is 5.07. The number of halogens is 1. The molecular formula is C15H15ClN2O5S2. The zero-order chi connectivity index (χ0) is 18.0. The highest BCUT2D eigenvalue weighted by atomic mass is 35.5. The van der Waals surface area contributed by atoms with Crippen LogP contribution in [0, 0.1) is 0 Å². The largest absolute Gasteiger partial charge is 0.486 e. The Morgan fingerprint density at radius 1 is 1.24 bits per heavy atom. The van der Waals surface area contributed by atoms with Crippen molar-refractivity contribution in [2.24, 2.45) is 0 Å². The molecule has 1 aromatic heterocycles. The van der Waals surface area contributed by atoms with Crippen molar-refractivity contribution in [3.05, 3.63) is 34.2 Å². The molecule has 0 radical (unpaired) electrons. The lowest BCUT2D eigenvalue weighted by Gasteiger charge is -2.20. The summed E-state index contributed by atoms with van der Waals surface area (Å²) in [5, 5.41) is 2.84. The molecule has 25 heavy (non-hydrogen) atoms. The van der Waals surface area contributed by atoms with Gasteiger partial charge in [-0.1, -0.05) is 11.6 Å². The molecule has 0 aliphatic carbocycles. The number of anilines is 1. The molecule has 0 bridgehead atoms. The van der Waals surface area contributed by atoms with Gasteiger partial charge in [0.1, 0.15) is 17.4 Å². The molecule has 0 saturated carbocycles. The fraction of sp³-hybridized carbons (Fsp3) is 0.267. The van der Waals surface area contributed by atoms with Gasteiger partial charge in [-0.25, -0.2) is 8.42 Å². The summed E-state index contributed by atoms with van der Waals surface area (Å²) in [4.78, 5) is 11.7. The summed E-state index contributed by atoms with van der Waals surface area (Å²) in [5.74, 6) is 0.734. The normalized spacial score (nSPS) is 13.4. The average molecular weight is 403 g/mol. The van der Waals surface area contributed by atoms with Gasteiger partial charge in [0.15, 0.2) is 11.5 Å². The van der Waals surface area contributed by atoms with E-state index in [1.165, 1.54) is 25.1 Å². The monoisotopic (exact) mass is 402 g/mol. The van der Waals surface area contributed by atoms with Crippen LogP contribution in [0.4, 0.5) is 5.69 Å². The van der Waals surface area contributed by atoms with Gasteiger partial charge in [-0.15, -0.1) is 11.3 Å². The predicted molar refractivity (Wildman–Crippen MR) is 95.1 cm³/mol. The van der Waals surface area contributed by atoms with Gasteiger partial charge in [0, 0.05) is 23.9 Å². The predicted octanol–water partition coefficient (Wildman–Crippen LogP) is 2.61. The lowest BCUT2D eigenvalue weighted by molar-refractivity contribution is -0.119. The topological polar surface area (TPSA) is 93.7 Å². The Hall–Kier alpha value is -1.97. The maximum Gasteiger partial charge on any atom is 0.271 e. The fourth-order valence-corrected chi connectivity index (χ4v) is 4.77. The first-order valence-corrected chi connectivity index (χ1v) is 9.98. The summed E-state index contributed by atoms with van der Waals surface area (Å²) in [6.45, 7) is 2.48. The number of hydrogen-bond acceptors (Lipinski definition) is 6. The minimum atomic E-state index is -3.81. The second-order valence-corrected chi connectivity index (χ2v) is 8.70. The third kappa shape index (κ3) is 4.17. The first kappa shape index (κ1) is 17.8. The summed E-state index contributed by atoms with van der Waals surface area (Å²) < 4.78 is 38.5. The van der Waals surface area contributed by atoms with Crippen molar-refractivity contribution in [2.45, 2.75) is 17.7 Å². The number of amides is 1. The summed E-state index contributed by atoms with van der Waals surface area (Å²) in [7, 11) is -3.81. The van der Waals surface area contributed by atoms with Crippen molar-refractivity contribution in [2.75, 3.05) is 17.9 Å². The molecular weight excluding hydrogens is 388 g/mol. The molecule has 1 aromatic carbocycles. The van der Waals surface area contributed by atoms with E-state index in [1.807, 2.05) is 0 Å². The number of sulfonamides is 1. The molecule has 0 spiro atoms. The zero-order valence-electron chi connectivity index (χ0n) is 13.2. The van der Waals surface area contributed by atoms with E-state index >= 15 is 0 Å². The Morgan fingerprint density at radius 2 is 1.92 bits per heavy atom. The van der Waals surface area contributed by atoms with Crippen LogP contribution in [0.2, 0.25) is 5.02 Å². The molecule has 2 heterocycles. The highest BCUT2D eigenvalue weighted by molar-refractivity contribution is 7.94. The molecule has 7 nitrogen and oxygen atoms in total. The van der Waals surface area contributed by atoms with Crippen LogP contribution in [0.5, 0.6) is 11.5 Å². The van der Waals surface area contributed by atoms with Gasteiger partial charge in [0.05, 0.1) is 17.3 Å². The van der Waals surface area contributed by atoms with Crippen LogP contribution < -0.4 is 19.5 Å². The summed E-state index contributed by atoms with van der Waals surface area (Å²) in [5.41, 5.74) is 0.211. The minimum absolute atomic E-state index is 0.124. The van der Waals surface area contributed by atoms with Crippen LogP contribution in [0.1, 0.15) is 11.8 Å². The van der Waals surface area contributed by atoms with Gasteiger partial charge in [-0.2, -0.15) is 0 Å². The van der Waals surface area contributed by atoms with E-state index in [4.69, 9.17) is 21.1 Å². The second-order valence-electron chi connectivity index (χ2n) is 5.21. The number of carbonyl (C=O) groups is 1. The van der Waals surface area contributed by atoms with Gasteiger partial charge in [-0.05, 0) is 12.1 Å². The molecule has 3 rings (SSSR count). The Balaban J connectivity index is 1.81. The van der Waals surface area contributed by atoms with Crippen LogP contribution in [0.15, 0.2) is 28.5 Å². The minimum Gasteiger partial charge on any atom is -0.486 e. The standard InChI is InChI=1S/C15H15ClN2O5S2/c1-9(19)17-8-10-2-3-15(24-10)25(20,21)18-12-7-14-13(6-11(12)16)22-4-5-23-14/h2-3,6-7,18H,4-5,8H2,1H3,(H,17,19). The molecule has 1 aliphatic rings. The molecule has 0 atom stereocenters. The van der Waals surface area contributed by atoms with Crippen molar-refractivity contribution in [3.8, 4) is 11.5 Å². The van der Waals surface area contributed by atoms with Crippen LogP contribution in [0.25, 0.3) is 0 Å². The number of nitrogens with one attached hydrogen (secondary N) is 2. The SMILES string of the molecule is CC(=O)NCc1ccc(S(=O)(=O)Nc2cc3c(cc2Cl)OCCO3)s1. The van der Waals surface area contributed by atoms with E-state index in [9.17, 15) is 13.2 Å². The summed E-state index contributed by atoms with van der Waals surface area (Å²) >= 11 is 7.21. The Morgan fingerprint density at radius 3 is 2.60 bits per heavy atom. The van der Waals surface area contributed by atoms with Crippen LogP contribution in [0.3, 0.4) is 0 Å². The summed E-state index contributed by atoms with van der Waals surface area (Å²) in [6, 6.07) is 6.15. The van der Waals surface area contributed by atoms with Crippen LogP contribution >= 0.6 is 22.9 Å². The quantitative estimate of drug-likeness (QED) is 0.801. The molecule has 1 aliphatic heterocycles. The van der Waals surface area contributed by atoms with E-state index in [1.54, 1.807) is 6.07 Å². The van der Waals surface area contributed by atoms with Gasteiger partial charge in [0.2, 0.25) is 5.91 Å². The number of fused-ring (bicyclic) bond motifs is 1. The average Bonchev–Trinajstić information content (AvgIpc) is 3.03. The van der Waals surface area contributed by atoms with Gasteiger partial charge >= 0.3 is 0 Å². The third-order valence-electron chi connectivity index (χ3n) is 3.29. The maximum absolute atomic E-state index is 12.6. The number of thiophene rings is 1. The van der Waals surface area contributed by atoms with Crippen LogP contribution in [-0.4, -0.2) is 27.5 Å². The first-order valence-electron chi connectivity index (χ1n) is 7.30. The second kappa shape index (κ2) is 7.11. The van der Waals surface area contributed by atoms with Gasteiger partial charge in [0.25, 0.3) is 10.0 Å². The highest BCUT2D eigenvalue weighted by Gasteiger charge is 2.21. The third-order valence-corrected chi connectivity index (χ3v) is 6.54. The van der Waals surface area contributed by atoms with E-state index < -0.39 is 10.0 Å². The maximum atomic E-state index is 12.6. The first-order chi connectivity index (χ1) is 11.8. The van der Waals surface area contributed by atoms with Crippen molar-refractivity contribution < 1.29 is 22.7 Å². The van der Waals surface area contributed by atoms with Crippen molar-refractivity contribution in [3.63, 3.8) is 0 Å². The Bertz CT molecular complexity index is 911. The van der Waals surface area contributed by atoms with E-state index in [2.05, 4.69) is 10.0 Å². The van der Waals surface area contributed by atoms with Crippen molar-refractivity contribution in [1.29, 1.82) is 0 Å². The number of ether oxygens (including phenoxy) is 2. The van der Waals surface area contributed by atoms with E-state index in [0.29, 0.717) is 24.7 Å². The van der Waals surface area contributed by atoms with E-state index in [0.717, 1.165) is 16.2 Å². The van der Waals surface area contributed by atoms with Crippen molar-refractivity contribution in [1.82, 2.24) is 5.32 Å². The van der Waals surface area contributed by atoms with Gasteiger partial charge in [-0.3, -0.25) is 9.52 Å². The number of carbonyl (C=O) groups excluding carboxylic acids is 1. The van der Waals surface area contributed by atoms with Crippen LogP contribution in [-0.2, 0) is 21.4 Å². The highest BCUT2D eigenvalue weighted by Crippen LogP contribution is 2.39. The van der Waals surface area contributed by atoms with Gasteiger partial charge < -0.3 is 14.8 Å². The zero-order valence-corrected chi connectivity index (χ0v) is 15.6. The fourth-order valence-electron chi connectivity index (χ4n) is 2.15. The smallest absolute Gasteiger partial charge is 0.271 e. The molecule has 0 unspecified atom stereocenters. The lowest BCUT2D eigenvalue weighted by Crippen LogP contribution is -2.18. The molecule has 2 N–H and O–H groups in total. The Labute approximate surface area is 154 Å². The molecule has 1 amide bonds. The molecule has 0 saturated heterocycles. The molecule has 134 valence electrons.